The van der Waals surface area contributed by atoms with Gasteiger partial charge in [0.2, 0.25) is 0 Å². The van der Waals surface area contributed by atoms with Gasteiger partial charge in [0.25, 0.3) is 0 Å². The van der Waals surface area contributed by atoms with Crippen molar-refractivity contribution in [2.75, 3.05) is 0 Å². The van der Waals surface area contributed by atoms with E-state index >= 15 is 0 Å². The Labute approximate surface area is 123 Å². The minimum atomic E-state index is 0. The van der Waals surface area contributed by atoms with Crippen LogP contribution in [0, 0.1) is 0 Å². The molecule has 0 atom stereocenters. The first-order valence-corrected chi connectivity index (χ1v) is 6.27. The standard InChI is InChI=1S/C16H19.Hf/c1-16(2,3)15-8-7-13-9-11-5-4-6-12(11)10-14(13)15;/h7-10H,4-6H2,1-3H3;/q-1;. The van der Waals surface area contributed by atoms with Crippen LogP contribution in [0.15, 0.2) is 24.3 Å². The fraction of sp³-hybridized carbons (Fsp3) is 0.438. The fourth-order valence-corrected chi connectivity index (χ4v) is 2.93. The topological polar surface area (TPSA) is 0 Å². The molecule has 0 heterocycles. The molecule has 0 radical (unpaired) electrons. The molecule has 0 amide bonds. The second-order valence-corrected chi connectivity index (χ2v) is 6.06. The van der Waals surface area contributed by atoms with Gasteiger partial charge >= 0.3 is 0 Å². The average molecular weight is 390 g/mol. The van der Waals surface area contributed by atoms with Gasteiger partial charge in [-0.3, -0.25) is 0 Å². The summed E-state index contributed by atoms with van der Waals surface area (Å²) in [5, 5.41) is 2.92. The van der Waals surface area contributed by atoms with Crippen molar-refractivity contribution in [3.63, 3.8) is 0 Å². The summed E-state index contributed by atoms with van der Waals surface area (Å²) < 4.78 is 0. The van der Waals surface area contributed by atoms with E-state index in [1.165, 1.54) is 35.6 Å². The number of aryl methyl sites for hydroxylation is 2. The molecule has 0 unspecified atom stereocenters. The van der Waals surface area contributed by atoms with Crippen LogP contribution in [0.2, 0.25) is 0 Å². The molecular formula is C16H19Hf-. The zero-order valence-electron chi connectivity index (χ0n) is 10.9. The number of rotatable bonds is 0. The van der Waals surface area contributed by atoms with Crippen LogP contribution in [0.3, 0.4) is 0 Å². The van der Waals surface area contributed by atoms with Crippen molar-refractivity contribution < 1.29 is 25.8 Å². The monoisotopic (exact) mass is 391 g/mol. The van der Waals surface area contributed by atoms with Gasteiger partial charge in [0, 0.05) is 25.8 Å². The van der Waals surface area contributed by atoms with Gasteiger partial charge in [-0.15, -0.1) is 34.5 Å². The molecule has 17 heavy (non-hydrogen) atoms. The summed E-state index contributed by atoms with van der Waals surface area (Å²) >= 11 is 0. The van der Waals surface area contributed by atoms with E-state index in [4.69, 9.17) is 0 Å². The minimum Gasteiger partial charge on any atom is -0.168 e. The summed E-state index contributed by atoms with van der Waals surface area (Å²) in [6.45, 7) is 6.90. The third-order valence-electron chi connectivity index (χ3n) is 3.79. The van der Waals surface area contributed by atoms with Crippen LogP contribution >= 0.6 is 0 Å². The van der Waals surface area contributed by atoms with Crippen LogP contribution in [-0.4, -0.2) is 0 Å². The summed E-state index contributed by atoms with van der Waals surface area (Å²) in [7, 11) is 0. The Bertz CT molecular complexity index is 540. The number of hydrogen-bond acceptors (Lipinski definition) is 0. The molecule has 0 N–H and O–H groups in total. The smallest absolute Gasteiger partial charge is 0 e. The Morgan fingerprint density at radius 1 is 1.06 bits per heavy atom. The van der Waals surface area contributed by atoms with Gasteiger partial charge in [-0.25, -0.2) is 0 Å². The van der Waals surface area contributed by atoms with E-state index < -0.39 is 0 Å². The van der Waals surface area contributed by atoms with Crippen molar-refractivity contribution in [3.05, 3.63) is 41.0 Å². The molecule has 0 aliphatic heterocycles. The Morgan fingerprint density at radius 3 is 2.35 bits per heavy atom. The first-order valence-electron chi connectivity index (χ1n) is 6.27. The first-order chi connectivity index (χ1) is 7.55. The zero-order chi connectivity index (χ0) is 11.3. The van der Waals surface area contributed by atoms with Crippen molar-refractivity contribution >= 4 is 10.8 Å². The number of hydrogen-bond donors (Lipinski definition) is 0. The summed E-state index contributed by atoms with van der Waals surface area (Å²) in [4.78, 5) is 0. The van der Waals surface area contributed by atoms with Gasteiger partial charge in [-0.2, -0.15) is 6.07 Å². The quantitative estimate of drug-likeness (QED) is 0.464. The summed E-state index contributed by atoms with van der Waals surface area (Å²) in [5.74, 6) is 0. The maximum absolute atomic E-state index is 2.44. The third kappa shape index (κ3) is 2.19. The van der Waals surface area contributed by atoms with E-state index in [0.29, 0.717) is 0 Å². The van der Waals surface area contributed by atoms with Crippen molar-refractivity contribution in [1.29, 1.82) is 0 Å². The van der Waals surface area contributed by atoms with Crippen LogP contribution < -0.4 is 0 Å². The summed E-state index contributed by atoms with van der Waals surface area (Å²) in [6, 6.07) is 9.44. The van der Waals surface area contributed by atoms with E-state index in [2.05, 4.69) is 45.0 Å². The molecule has 0 aromatic heterocycles. The van der Waals surface area contributed by atoms with E-state index in [1.54, 1.807) is 11.1 Å². The van der Waals surface area contributed by atoms with E-state index in [9.17, 15) is 0 Å². The van der Waals surface area contributed by atoms with Crippen LogP contribution in [0.5, 0.6) is 0 Å². The second-order valence-electron chi connectivity index (χ2n) is 6.06. The maximum Gasteiger partial charge on any atom is 0 e. The zero-order valence-corrected chi connectivity index (χ0v) is 14.5. The molecule has 1 aliphatic carbocycles. The SMILES string of the molecule is CC(C)(C)[c-]1ccc2cc3c(cc21)CCC3.[Hf]. The van der Waals surface area contributed by atoms with Crippen LogP contribution in [-0.2, 0) is 44.1 Å². The Morgan fingerprint density at radius 2 is 1.71 bits per heavy atom. The second kappa shape index (κ2) is 4.42. The number of benzene rings is 1. The third-order valence-corrected chi connectivity index (χ3v) is 3.79. The minimum absolute atomic E-state index is 0. The molecule has 0 saturated heterocycles. The van der Waals surface area contributed by atoms with Gasteiger partial charge in [0.15, 0.2) is 0 Å². The molecule has 1 aliphatic rings. The molecule has 1 heteroatoms. The van der Waals surface area contributed by atoms with Gasteiger partial charge in [0.1, 0.15) is 0 Å². The first kappa shape index (κ1) is 13.1. The van der Waals surface area contributed by atoms with Crippen LogP contribution in [0.25, 0.3) is 10.8 Å². The largest absolute Gasteiger partial charge is 0.168 e. The van der Waals surface area contributed by atoms with E-state index in [0.717, 1.165) is 0 Å². The normalized spacial score (nSPS) is 14.8. The summed E-state index contributed by atoms with van der Waals surface area (Å²) in [5.41, 5.74) is 4.93. The average Bonchev–Trinajstić information content (AvgIpc) is 2.76. The van der Waals surface area contributed by atoms with E-state index in [1.807, 2.05) is 0 Å². The predicted molar refractivity (Wildman–Crippen MR) is 70.3 cm³/mol. The molecule has 0 spiro atoms. The molecule has 0 saturated carbocycles. The van der Waals surface area contributed by atoms with Crippen LogP contribution in [0.1, 0.15) is 43.9 Å². The predicted octanol–water partition coefficient (Wildman–Crippen LogP) is 4.34. The molecule has 0 nitrogen and oxygen atoms in total. The van der Waals surface area contributed by atoms with E-state index in [-0.39, 0.29) is 31.3 Å². The molecular weight excluding hydrogens is 371 g/mol. The molecule has 0 bridgehead atoms. The maximum atomic E-state index is 2.44. The van der Waals surface area contributed by atoms with Crippen molar-refractivity contribution in [2.45, 2.75) is 45.4 Å². The van der Waals surface area contributed by atoms with Crippen LogP contribution in [0.4, 0.5) is 0 Å². The van der Waals surface area contributed by atoms with Crippen molar-refractivity contribution in [2.24, 2.45) is 0 Å². The van der Waals surface area contributed by atoms with Gasteiger partial charge in [-0.1, -0.05) is 31.9 Å². The van der Waals surface area contributed by atoms with Gasteiger partial charge in [-0.05, 0) is 24.7 Å². The Hall–Kier alpha value is -0.300. The Balaban J connectivity index is 0.00000108. The molecule has 2 aromatic carbocycles. The molecule has 88 valence electrons. The van der Waals surface area contributed by atoms with Gasteiger partial charge in [0.05, 0.1) is 0 Å². The molecule has 2 aromatic rings. The fourth-order valence-electron chi connectivity index (χ4n) is 2.93. The van der Waals surface area contributed by atoms with Crippen molar-refractivity contribution in [1.82, 2.24) is 0 Å². The molecule has 3 rings (SSSR count). The molecule has 0 fully saturated rings. The van der Waals surface area contributed by atoms with Crippen molar-refractivity contribution in [3.8, 4) is 0 Å². The van der Waals surface area contributed by atoms with Gasteiger partial charge < -0.3 is 0 Å². The number of fused-ring (bicyclic) bond motifs is 2. The Kier molecular flexibility index (Phi) is 3.42. The summed E-state index contributed by atoms with van der Waals surface area (Å²) in [6.07, 6.45) is 3.90.